The van der Waals surface area contributed by atoms with Gasteiger partial charge in [-0.25, -0.2) is 0 Å². The van der Waals surface area contributed by atoms with E-state index in [0.29, 0.717) is 18.0 Å². The molecule has 1 aromatic rings. The molecule has 0 spiro atoms. The lowest BCUT2D eigenvalue weighted by Crippen LogP contribution is -2.54. The molecule has 1 unspecified atom stereocenters. The normalized spacial score (nSPS) is 18.7. The molecule has 0 bridgehead atoms. The molecule has 0 aromatic heterocycles. The van der Waals surface area contributed by atoms with Crippen LogP contribution in [0.4, 0.5) is 0 Å². The van der Waals surface area contributed by atoms with Crippen LogP contribution in [0.2, 0.25) is 0 Å². The SMILES string of the molecule is COc1ccc(/C=C/C(=O)NCC(C)(C)N2CCCC(C)C2)cc1OC. The van der Waals surface area contributed by atoms with Gasteiger partial charge in [-0.05, 0) is 62.9 Å². The number of hydrogen-bond acceptors (Lipinski definition) is 4. The molecule has 1 fully saturated rings. The van der Waals surface area contributed by atoms with Crippen molar-refractivity contribution in [2.75, 3.05) is 33.9 Å². The van der Waals surface area contributed by atoms with Crippen LogP contribution in [-0.2, 0) is 4.79 Å². The van der Waals surface area contributed by atoms with Gasteiger partial charge < -0.3 is 14.8 Å². The zero-order chi connectivity index (χ0) is 19.2. The van der Waals surface area contributed by atoms with E-state index in [4.69, 9.17) is 9.47 Å². The van der Waals surface area contributed by atoms with Gasteiger partial charge in [0.2, 0.25) is 5.91 Å². The van der Waals surface area contributed by atoms with E-state index < -0.39 is 0 Å². The average Bonchev–Trinajstić information content (AvgIpc) is 2.64. The molecule has 1 aliphatic rings. The Bertz CT molecular complexity index is 640. The van der Waals surface area contributed by atoms with Crippen molar-refractivity contribution in [3.05, 3.63) is 29.8 Å². The number of piperidine rings is 1. The van der Waals surface area contributed by atoms with E-state index in [1.165, 1.54) is 12.8 Å². The molecule has 5 nitrogen and oxygen atoms in total. The Hall–Kier alpha value is -2.01. The molecule has 2 rings (SSSR count). The van der Waals surface area contributed by atoms with E-state index in [2.05, 4.69) is 31.0 Å². The fraction of sp³-hybridized carbons (Fsp3) is 0.571. The maximum atomic E-state index is 12.2. The predicted octanol–water partition coefficient (Wildman–Crippen LogP) is 3.34. The quantitative estimate of drug-likeness (QED) is 0.758. The average molecular weight is 360 g/mol. The van der Waals surface area contributed by atoms with Crippen LogP contribution in [0.3, 0.4) is 0 Å². The first kappa shape index (κ1) is 20.3. The van der Waals surface area contributed by atoms with Gasteiger partial charge in [-0.1, -0.05) is 13.0 Å². The highest BCUT2D eigenvalue weighted by Crippen LogP contribution is 2.28. The van der Waals surface area contributed by atoms with Crippen molar-refractivity contribution in [1.82, 2.24) is 10.2 Å². The van der Waals surface area contributed by atoms with Crippen LogP contribution in [0.1, 0.15) is 39.2 Å². The van der Waals surface area contributed by atoms with Crippen LogP contribution < -0.4 is 14.8 Å². The summed E-state index contributed by atoms with van der Waals surface area (Å²) >= 11 is 0. The number of carbonyl (C=O) groups is 1. The summed E-state index contributed by atoms with van der Waals surface area (Å²) < 4.78 is 10.5. The molecule has 1 heterocycles. The molecule has 0 saturated carbocycles. The molecule has 0 radical (unpaired) electrons. The minimum Gasteiger partial charge on any atom is -0.493 e. The van der Waals surface area contributed by atoms with E-state index in [9.17, 15) is 4.79 Å². The third-order valence-corrected chi connectivity index (χ3v) is 5.04. The van der Waals surface area contributed by atoms with E-state index in [-0.39, 0.29) is 11.4 Å². The maximum Gasteiger partial charge on any atom is 0.244 e. The second kappa shape index (κ2) is 9.08. The summed E-state index contributed by atoms with van der Waals surface area (Å²) in [5.41, 5.74) is 0.850. The molecule has 26 heavy (non-hydrogen) atoms. The minimum atomic E-state index is -0.0853. The van der Waals surface area contributed by atoms with Crippen molar-refractivity contribution in [2.45, 2.75) is 39.2 Å². The Kier molecular flexibility index (Phi) is 7.09. The number of rotatable bonds is 7. The van der Waals surface area contributed by atoms with Crippen molar-refractivity contribution in [2.24, 2.45) is 5.92 Å². The second-order valence-corrected chi connectivity index (χ2v) is 7.67. The lowest BCUT2D eigenvalue weighted by Gasteiger charge is -2.43. The van der Waals surface area contributed by atoms with Crippen LogP contribution in [0.25, 0.3) is 6.08 Å². The van der Waals surface area contributed by atoms with Gasteiger partial charge in [0.1, 0.15) is 0 Å². The van der Waals surface area contributed by atoms with Gasteiger partial charge in [0.15, 0.2) is 11.5 Å². The van der Waals surface area contributed by atoms with Crippen LogP contribution in [-0.4, -0.2) is 50.2 Å². The fourth-order valence-electron chi connectivity index (χ4n) is 3.34. The van der Waals surface area contributed by atoms with Gasteiger partial charge in [-0.15, -0.1) is 0 Å². The first-order valence-corrected chi connectivity index (χ1v) is 9.28. The summed E-state index contributed by atoms with van der Waals surface area (Å²) in [4.78, 5) is 14.7. The molecule has 1 aliphatic heterocycles. The highest BCUT2D eigenvalue weighted by Gasteiger charge is 2.30. The number of nitrogens with one attached hydrogen (secondary N) is 1. The fourth-order valence-corrected chi connectivity index (χ4v) is 3.34. The highest BCUT2D eigenvalue weighted by atomic mass is 16.5. The Morgan fingerprint density at radius 2 is 2.04 bits per heavy atom. The van der Waals surface area contributed by atoms with Crippen LogP contribution in [0.15, 0.2) is 24.3 Å². The predicted molar refractivity (Wildman–Crippen MR) is 106 cm³/mol. The highest BCUT2D eigenvalue weighted by molar-refractivity contribution is 5.91. The topological polar surface area (TPSA) is 50.8 Å². The summed E-state index contributed by atoms with van der Waals surface area (Å²) in [5, 5.41) is 3.03. The van der Waals surface area contributed by atoms with Gasteiger partial charge >= 0.3 is 0 Å². The Balaban J connectivity index is 1.90. The first-order valence-electron chi connectivity index (χ1n) is 9.28. The van der Waals surface area contributed by atoms with E-state index in [0.717, 1.165) is 24.6 Å². The summed E-state index contributed by atoms with van der Waals surface area (Å²) in [6.07, 6.45) is 5.88. The van der Waals surface area contributed by atoms with Crippen molar-refractivity contribution >= 4 is 12.0 Å². The minimum absolute atomic E-state index is 0.0402. The van der Waals surface area contributed by atoms with Gasteiger partial charge in [0.05, 0.1) is 14.2 Å². The third kappa shape index (κ3) is 5.49. The van der Waals surface area contributed by atoms with Gasteiger partial charge in [0.25, 0.3) is 0 Å². The molecular formula is C21H32N2O3. The van der Waals surface area contributed by atoms with E-state index in [1.54, 1.807) is 26.4 Å². The van der Waals surface area contributed by atoms with Gasteiger partial charge in [-0.2, -0.15) is 0 Å². The molecule has 1 saturated heterocycles. The molecule has 1 aromatic carbocycles. The molecule has 1 atom stereocenters. The summed E-state index contributed by atoms with van der Waals surface area (Å²) in [6, 6.07) is 5.57. The maximum absolute atomic E-state index is 12.2. The smallest absolute Gasteiger partial charge is 0.244 e. The second-order valence-electron chi connectivity index (χ2n) is 7.67. The van der Waals surface area contributed by atoms with Gasteiger partial charge in [-0.3, -0.25) is 9.69 Å². The summed E-state index contributed by atoms with van der Waals surface area (Å²) in [5.74, 6) is 1.96. The molecule has 5 heteroatoms. The lowest BCUT2D eigenvalue weighted by molar-refractivity contribution is -0.117. The van der Waals surface area contributed by atoms with Crippen molar-refractivity contribution in [3.63, 3.8) is 0 Å². The molecule has 144 valence electrons. The standard InChI is InChI=1S/C21H32N2O3/c1-16-7-6-12-23(14-16)21(2,3)15-22-20(24)11-9-17-8-10-18(25-4)19(13-17)26-5/h8-11,13,16H,6-7,12,14-15H2,1-5H3,(H,22,24)/b11-9+. The van der Waals surface area contributed by atoms with Crippen molar-refractivity contribution < 1.29 is 14.3 Å². The number of ether oxygens (including phenoxy) is 2. The zero-order valence-electron chi connectivity index (χ0n) is 16.7. The Labute approximate surface area is 157 Å². The number of carbonyl (C=O) groups excluding carboxylic acids is 1. The number of likely N-dealkylation sites (tertiary alicyclic amines) is 1. The van der Waals surface area contributed by atoms with Crippen LogP contribution in [0.5, 0.6) is 11.5 Å². The molecule has 1 amide bonds. The largest absolute Gasteiger partial charge is 0.493 e. The van der Waals surface area contributed by atoms with E-state index in [1.807, 2.05) is 18.2 Å². The zero-order valence-corrected chi connectivity index (χ0v) is 16.7. The third-order valence-electron chi connectivity index (χ3n) is 5.04. The number of amides is 1. The summed E-state index contributed by atoms with van der Waals surface area (Å²) in [6.45, 7) is 9.54. The van der Waals surface area contributed by atoms with Crippen molar-refractivity contribution in [3.8, 4) is 11.5 Å². The van der Waals surface area contributed by atoms with Gasteiger partial charge in [0, 0.05) is 24.7 Å². The van der Waals surface area contributed by atoms with Crippen LogP contribution >= 0.6 is 0 Å². The first-order chi connectivity index (χ1) is 12.4. The number of hydrogen-bond donors (Lipinski definition) is 1. The van der Waals surface area contributed by atoms with E-state index >= 15 is 0 Å². The van der Waals surface area contributed by atoms with Crippen molar-refractivity contribution in [1.29, 1.82) is 0 Å². The monoisotopic (exact) mass is 360 g/mol. The Morgan fingerprint density at radius 3 is 2.69 bits per heavy atom. The van der Waals surface area contributed by atoms with Crippen LogP contribution in [0, 0.1) is 5.92 Å². The lowest BCUT2D eigenvalue weighted by atomic mass is 9.93. The molecule has 1 N–H and O–H groups in total. The Morgan fingerprint density at radius 1 is 1.31 bits per heavy atom. The number of benzene rings is 1. The number of methoxy groups -OCH3 is 2. The summed E-state index contributed by atoms with van der Waals surface area (Å²) in [7, 11) is 3.20. The molecular weight excluding hydrogens is 328 g/mol. The molecule has 0 aliphatic carbocycles. The number of nitrogens with zero attached hydrogens (tertiary/aromatic N) is 1.